The van der Waals surface area contributed by atoms with Crippen molar-refractivity contribution in [1.29, 1.82) is 0 Å². The molecule has 0 unspecified atom stereocenters. The summed E-state index contributed by atoms with van der Waals surface area (Å²) in [5, 5.41) is 64.1. The molecule has 3 rings (SSSR count). The van der Waals surface area contributed by atoms with Crippen LogP contribution in [0.25, 0.3) is 0 Å². The van der Waals surface area contributed by atoms with Crippen molar-refractivity contribution in [3.8, 4) is 0 Å². The van der Waals surface area contributed by atoms with E-state index >= 15 is 0 Å². The number of carbonyl (C=O) groups excluding carboxylic acids is 2. The Morgan fingerprint density at radius 3 is 1.72 bits per heavy atom. The number of amides is 2. The van der Waals surface area contributed by atoms with Crippen LogP contribution in [0.15, 0.2) is 12.5 Å². The number of carboxylic acid groups (broad SMARTS) is 2. The second kappa shape index (κ2) is 17.3. The summed E-state index contributed by atoms with van der Waals surface area (Å²) in [5.74, 6) is -3.92. The van der Waals surface area contributed by atoms with E-state index in [0.29, 0.717) is 18.5 Å². The molecule has 2 aliphatic rings. The first kappa shape index (κ1) is 40.0. The number of nitrogens with one attached hydrogen (secondary N) is 1. The molecule has 0 radical (unpaired) electrons. The number of hydrogen-bond donors (Lipinski definition) is 12. The molecule has 0 saturated carbocycles. The van der Waals surface area contributed by atoms with Gasteiger partial charge in [-0.2, -0.15) is 0 Å². The van der Waals surface area contributed by atoms with Gasteiger partial charge in [0.25, 0.3) is 0 Å². The topological polar surface area (TPSA) is 349 Å². The standard InChI is InChI=1S/C14H24BN5O5.C12H24BN3O6/c16-11(3-10-5-18-8-19-10)12(21)20-6-9(1-2-15(24)25)4-14(17,7-20)13(22)23;1-7(17)9(14)10(18)16-5-8(2-3-13(21)22)4-12(15,6-16)11(19)20/h5,8-9,11,24-25H,1-4,6-7,16-17H2,(H,18,19)(H,22,23);7-9,17,21-22H,2-6,14-15H2,1H3,(H,19,20)/t9-,11-,14+;7-,8+,9+,12-/m01/s1. The fourth-order valence-corrected chi connectivity index (χ4v) is 5.90. The highest BCUT2D eigenvalue weighted by Crippen LogP contribution is 2.29. The third kappa shape index (κ3) is 11.8. The molecule has 0 spiro atoms. The number of nitrogens with zero attached hydrogens (tertiary/aromatic N) is 3. The minimum atomic E-state index is -1.61. The molecule has 2 amide bonds. The van der Waals surface area contributed by atoms with Gasteiger partial charge in [-0.3, -0.25) is 19.2 Å². The molecule has 47 heavy (non-hydrogen) atoms. The molecule has 1 aromatic heterocycles. The van der Waals surface area contributed by atoms with Gasteiger partial charge in [0, 0.05) is 44.5 Å². The van der Waals surface area contributed by atoms with E-state index in [-0.39, 0.29) is 75.8 Å². The summed E-state index contributed by atoms with van der Waals surface area (Å²) in [6.07, 6.45) is 3.34. The van der Waals surface area contributed by atoms with Gasteiger partial charge in [-0.25, -0.2) is 4.98 Å². The van der Waals surface area contributed by atoms with Crippen LogP contribution in [0, 0.1) is 11.8 Å². The first-order valence-electron chi connectivity index (χ1n) is 15.3. The van der Waals surface area contributed by atoms with Crippen molar-refractivity contribution in [3.05, 3.63) is 18.2 Å². The first-order valence-corrected chi connectivity index (χ1v) is 15.3. The Kier molecular flexibility index (Phi) is 14.7. The highest BCUT2D eigenvalue weighted by atomic mass is 16.4. The summed E-state index contributed by atoms with van der Waals surface area (Å²) in [6, 6.07) is -2.00. The Morgan fingerprint density at radius 1 is 0.915 bits per heavy atom. The van der Waals surface area contributed by atoms with Crippen molar-refractivity contribution in [2.45, 2.75) is 80.9 Å². The van der Waals surface area contributed by atoms with Gasteiger partial charge in [-0.15, -0.1) is 0 Å². The van der Waals surface area contributed by atoms with Crippen molar-refractivity contribution in [2.75, 3.05) is 26.2 Å². The molecule has 2 aliphatic heterocycles. The van der Waals surface area contributed by atoms with Crippen LogP contribution in [0.2, 0.25) is 12.6 Å². The molecule has 1 aromatic rings. The maximum Gasteiger partial charge on any atom is 0.451 e. The summed E-state index contributed by atoms with van der Waals surface area (Å²) in [7, 11) is -2.98. The lowest BCUT2D eigenvalue weighted by Gasteiger charge is -2.42. The van der Waals surface area contributed by atoms with Crippen LogP contribution < -0.4 is 22.9 Å². The monoisotopic (exact) mass is 670 g/mol. The molecule has 2 saturated heterocycles. The van der Waals surface area contributed by atoms with E-state index < -0.39 is 61.3 Å². The number of aromatic amines is 1. The van der Waals surface area contributed by atoms with E-state index in [4.69, 9.17) is 43.0 Å². The van der Waals surface area contributed by atoms with Crippen molar-refractivity contribution < 1.29 is 54.6 Å². The number of likely N-dealkylation sites (tertiary alicyclic amines) is 2. The zero-order chi connectivity index (χ0) is 35.7. The molecule has 0 aliphatic carbocycles. The fraction of sp³-hybridized carbons (Fsp3) is 0.731. The molecule has 0 aromatic carbocycles. The number of nitrogens with two attached hydrogens (primary N) is 4. The Hall–Kier alpha value is -3.14. The molecule has 16 N–H and O–H groups in total. The van der Waals surface area contributed by atoms with E-state index in [1.165, 1.54) is 23.1 Å². The van der Waals surface area contributed by atoms with Crippen LogP contribution >= 0.6 is 0 Å². The van der Waals surface area contributed by atoms with Gasteiger partial charge in [-0.1, -0.05) is 12.8 Å². The van der Waals surface area contributed by atoms with Gasteiger partial charge >= 0.3 is 26.2 Å². The average molecular weight is 670 g/mol. The molecule has 7 atom stereocenters. The molecular formula is C26H48B2N8O11. The maximum absolute atomic E-state index is 12.6. The summed E-state index contributed by atoms with van der Waals surface area (Å²) >= 11 is 0. The van der Waals surface area contributed by atoms with Crippen molar-refractivity contribution in [1.82, 2.24) is 19.8 Å². The maximum atomic E-state index is 12.6. The lowest BCUT2D eigenvalue weighted by molar-refractivity contribution is -0.151. The highest BCUT2D eigenvalue weighted by Gasteiger charge is 2.46. The number of piperidine rings is 2. The molecular weight excluding hydrogens is 622 g/mol. The second-order valence-corrected chi connectivity index (χ2v) is 12.8. The molecule has 0 bridgehead atoms. The number of hydrogen-bond acceptors (Lipinski definition) is 14. The van der Waals surface area contributed by atoms with Crippen LogP contribution in [-0.2, 0) is 25.6 Å². The van der Waals surface area contributed by atoms with Crippen LogP contribution in [0.1, 0.15) is 38.3 Å². The zero-order valence-corrected chi connectivity index (χ0v) is 26.4. The minimum Gasteiger partial charge on any atom is -0.480 e. The van der Waals surface area contributed by atoms with E-state index in [1.807, 2.05) is 0 Å². The number of carboxylic acids is 2. The number of aromatic nitrogens is 2. The van der Waals surface area contributed by atoms with Crippen LogP contribution in [0.4, 0.5) is 0 Å². The van der Waals surface area contributed by atoms with E-state index in [0.717, 1.165) is 0 Å². The van der Waals surface area contributed by atoms with Gasteiger partial charge in [-0.05, 0) is 44.2 Å². The number of carbonyl (C=O) groups is 4. The quantitative estimate of drug-likeness (QED) is 0.0874. The van der Waals surface area contributed by atoms with Crippen LogP contribution in [-0.4, -0.2) is 149 Å². The second-order valence-electron chi connectivity index (χ2n) is 12.8. The van der Waals surface area contributed by atoms with Gasteiger partial charge < -0.3 is 73.1 Å². The SMILES string of the molecule is C[C@@H](O)[C@H](N)C(=O)N1C[C@@H](CCB(O)O)C[C@](N)(C(=O)O)C1.N[C@@H](Cc1cnc[nH]1)C(=O)N1C[C@@H](CCB(O)O)C[C@](N)(C(=O)O)C1. The van der Waals surface area contributed by atoms with Crippen molar-refractivity contribution in [2.24, 2.45) is 34.8 Å². The zero-order valence-electron chi connectivity index (χ0n) is 26.4. The van der Waals surface area contributed by atoms with Crippen molar-refractivity contribution in [3.63, 3.8) is 0 Å². The van der Waals surface area contributed by atoms with Gasteiger partial charge in [0.1, 0.15) is 17.1 Å². The third-order valence-electron chi connectivity index (χ3n) is 8.47. The number of imidazole rings is 1. The van der Waals surface area contributed by atoms with Crippen LogP contribution in [0.3, 0.4) is 0 Å². The lowest BCUT2D eigenvalue weighted by Crippen LogP contribution is -2.65. The Labute approximate surface area is 272 Å². The summed E-state index contributed by atoms with van der Waals surface area (Å²) in [5.41, 5.74) is 21.0. The smallest absolute Gasteiger partial charge is 0.451 e. The summed E-state index contributed by atoms with van der Waals surface area (Å²) < 4.78 is 0. The average Bonchev–Trinajstić information content (AvgIpc) is 3.50. The van der Waals surface area contributed by atoms with Crippen LogP contribution in [0.5, 0.6) is 0 Å². The van der Waals surface area contributed by atoms with E-state index in [2.05, 4.69) is 9.97 Å². The first-order chi connectivity index (χ1) is 21.8. The van der Waals surface area contributed by atoms with Crippen molar-refractivity contribution >= 4 is 38.0 Å². The number of aliphatic hydroxyl groups excluding tert-OH is 1. The van der Waals surface area contributed by atoms with Gasteiger partial charge in [0.05, 0.1) is 18.5 Å². The molecule has 19 nitrogen and oxygen atoms in total. The van der Waals surface area contributed by atoms with E-state index in [1.54, 1.807) is 6.20 Å². The molecule has 2 fully saturated rings. The largest absolute Gasteiger partial charge is 0.480 e. The Bertz CT molecular complexity index is 1200. The normalized spacial score (nSPS) is 26.3. The number of aliphatic carboxylic acids is 2. The number of H-pyrrole nitrogens is 1. The Morgan fingerprint density at radius 2 is 1.36 bits per heavy atom. The van der Waals surface area contributed by atoms with Gasteiger partial charge in [0.2, 0.25) is 11.8 Å². The van der Waals surface area contributed by atoms with Gasteiger partial charge in [0.15, 0.2) is 0 Å². The lowest BCUT2D eigenvalue weighted by atomic mass is 9.75. The highest BCUT2D eigenvalue weighted by molar-refractivity contribution is 6.41. The summed E-state index contributed by atoms with van der Waals surface area (Å²) in [4.78, 5) is 57.1. The van der Waals surface area contributed by atoms with E-state index in [9.17, 15) is 34.5 Å². The Balaban J connectivity index is 0.000000330. The molecule has 3 heterocycles. The number of aliphatic hydroxyl groups is 1. The predicted octanol–water partition coefficient (Wildman–Crippen LogP) is -5.04. The summed E-state index contributed by atoms with van der Waals surface area (Å²) in [6.45, 7) is 1.56. The molecule has 21 heteroatoms. The molecule has 264 valence electrons. The number of rotatable bonds is 13. The third-order valence-corrected chi connectivity index (χ3v) is 8.47. The minimum absolute atomic E-state index is 0.0604. The predicted molar refractivity (Wildman–Crippen MR) is 168 cm³/mol. The fourth-order valence-electron chi connectivity index (χ4n) is 5.90.